The van der Waals surface area contributed by atoms with E-state index in [1.165, 1.54) is 17.4 Å². The molecule has 154 valence electrons. The highest BCUT2D eigenvalue weighted by Crippen LogP contribution is 2.42. The van der Waals surface area contributed by atoms with Crippen LogP contribution in [-0.4, -0.2) is 38.7 Å². The molecule has 2 aliphatic rings. The number of nitrogens with zero attached hydrogens (tertiary/aromatic N) is 5. The Balaban J connectivity index is 1.48. The van der Waals surface area contributed by atoms with E-state index in [4.69, 9.17) is 0 Å². The lowest BCUT2D eigenvalue weighted by Crippen LogP contribution is -2.53. The predicted octanol–water partition coefficient (Wildman–Crippen LogP) is 1.88. The van der Waals surface area contributed by atoms with E-state index in [-0.39, 0.29) is 23.3 Å². The molecule has 9 heteroatoms. The van der Waals surface area contributed by atoms with Crippen molar-refractivity contribution in [3.05, 3.63) is 68.7 Å². The monoisotopic (exact) mass is 422 g/mol. The second-order valence-corrected chi connectivity index (χ2v) is 8.86. The molecule has 0 aromatic carbocycles. The van der Waals surface area contributed by atoms with Crippen LogP contribution < -0.4 is 15.8 Å². The van der Waals surface area contributed by atoms with E-state index < -0.39 is 6.04 Å². The van der Waals surface area contributed by atoms with Crippen molar-refractivity contribution in [2.24, 2.45) is 5.92 Å². The SMILES string of the molecule is Cc1ccc(N2C[C@H]3C[C@@H](C2)[C@H](C(=O)NCc2nccs2)n2c3cccc2=O)nn1. The van der Waals surface area contributed by atoms with E-state index in [0.717, 1.165) is 35.2 Å². The molecule has 5 heterocycles. The second-order valence-electron chi connectivity index (χ2n) is 7.88. The zero-order valence-electron chi connectivity index (χ0n) is 16.6. The lowest BCUT2D eigenvalue weighted by Gasteiger charge is -2.46. The Morgan fingerprint density at radius 2 is 2.13 bits per heavy atom. The van der Waals surface area contributed by atoms with E-state index in [1.807, 2.05) is 30.5 Å². The third-order valence-electron chi connectivity index (χ3n) is 5.92. The molecule has 0 spiro atoms. The molecular weight excluding hydrogens is 400 g/mol. The Morgan fingerprint density at radius 1 is 1.23 bits per heavy atom. The Morgan fingerprint density at radius 3 is 2.90 bits per heavy atom. The van der Waals surface area contributed by atoms with Crippen LogP contribution >= 0.6 is 11.3 Å². The smallest absolute Gasteiger partial charge is 0.251 e. The summed E-state index contributed by atoms with van der Waals surface area (Å²) in [4.78, 5) is 32.4. The molecule has 0 unspecified atom stereocenters. The summed E-state index contributed by atoms with van der Waals surface area (Å²) in [7, 11) is 0. The Kier molecular flexibility index (Phi) is 4.82. The topological polar surface area (TPSA) is 93.0 Å². The summed E-state index contributed by atoms with van der Waals surface area (Å²) in [5, 5.41) is 14.2. The van der Waals surface area contributed by atoms with Crippen LogP contribution in [0.4, 0.5) is 5.82 Å². The Labute approximate surface area is 177 Å². The van der Waals surface area contributed by atoms with E-state index in [2.05, 4.69) is 25.4 Å². The highest BCUT2D eigenvalue weighted by Gasteiger charge is 2.44. The molecule has 5 rings (SSSR count). The van der Waals surface area contributed by atoms with Crippen molar-refractivity contribution in [1.29, 1.82) is 0 Å². The summed E-state index contributed by atoms with van der Waals surface area (Å²) < 4.78 is 1.70. The number of anilines is 1. The van der Waals surface area contributed by atoms with Crippen molar-refractivity contribution in [2.75, 3.05) is 18.0 Å². The number of carbonyl (C=O) groups is 1. The van der Waals surface area contributed by atoms with Crippen LogP contribution in [0.2, 0.25) is 0 Å². The fourth-order valence-electron chi connectivity index (χ4n) is 4.63. The van der Waals surface area contributed by atoms with Crippen LogP contribution in [0.1, 0.15) is 34.8 Å². The lowest BCUT2D eigenvalue weighted by atomic mass is 9.78. The number of hydrogen-bond acceptors (Lipinski definition) is 7. The quantitative estimate of drug-likeness (QED) is 0.690. The minimum atomic E-state index is -0.550. The minimum Gasteiger partial charge on any atom is -0.354 e. The minimum absolute atomic E-state index is 0.00995. The van der Waals surface area contributed by atoms with E-state index >= 15 is 0 Å². The molecule has 1 fully saturated rings. The number of pyridine rings is 1. The maximum Gasteiger partial charge on any atom is 0.251 e. The molecule has 2 aliphatic heterocycles. The van der Waals surface area contributed by atoms with Crippen molar-refractivity contribution in [1.82, 2.24) is 25.1 Å². The highest BCUT2D eigenvalue weighted by atomic mass is 32.1. The molecule has 0 radical (unpaired) electrons. The number of hydrogen-bond donors (Lipinski definition) is 1. The average Bonchev–Trinajstić information content (AvgIpc) is 3.27. The summed E-state index contributed by atoms with van der Waals surface area (Å²) in [5.74, 6) is 0.850. The van der Waals surface area contributed by atoms with E-state index in [0.29, 0.717) is 13.1 Å². The number of thiazole rings is 1. The molecule has 1 saturated heterocycles. The summed E-state index contributed by atoms with van der Waals surface area (Å²) in [6.07, 6.45) is 2.59. The predicted molar refractivity (Wildman–Crippen MR) is 114 cm³/mol. The van der Waals surface area contributed by atoms with Gasteiger partial charge in [0.15, 0.2) is 5.82 Å². The van der Waals surface area contributed by atoms with Gasteiger partial charge in [-0.1, -0.05) is 6.07 Å². The molecule has 3 atom stereocenters. The standard InChI is InChI=1S/C21H22N6O2S/c1-13-5-6-17(25-24-13)26-11-14-9-15(12-26)20(27-16(14)3-2-4-19(27)28)21(29)23-10-18-22-7-8-30-18/h2-8,14-15,20H,9-12H2,1H3,(H,23,29)/t14-,15+,20-/m1/s1. The molecule has 8 nitrogen and oxygen atoms in total. The summed E-state index contributed by atoms with van der Waals surface area (Å²) in [6.45, 7) is 3.69. The van der Waals surface area contributed by atoms with Gasteiger partial charge in [0.05, 0.1) is 12.2 Å². The normalized spacial score (nSPS) is 22.4. The van der Waals surface area contributed by atoms with Gasteiger partial charge in [0.1, 0.15) is 11.0 Å². The van der Waals surface area contributed by atoms with Gasteiger partial charge in [0, 0.05) is 48.3 Å². The van der Waals surface area contributed by atoms with Crippen molar-refractivity contribution in [3.63, 3.8) is 0 Å². The molecule has 0 aliphatic carbocycles. The number of aromatic nitrogens is 4. The van der Waals surface area contributed by atoms with Crippen LogP contribution in [-0.2, 0) is 11.3 Å². The number of amides is 1. The molecule has 30 heavy (non-hydrogen) atoms. The van der Waals surface area contributed by atoms with Gasteiger partial charge < -0.3 is 10.2 Å². The van der Waals surface area contributed by atoms with Crippen LogP contribution in [0.5, 0.6) is 0 Å². The maximum atomic E-state index is 13.3. The second kappa shape index (κ2) is 7.64. The lowest BCUT2D eigenvalue weighted by molar-refractivity contribution is -0.127. The van der Waals surface area contributed by atoms with Crippen molar-refractivity contribution in [3.8, 4) is 0 Å². The van der Waals surface area contributed by atoms with Crippen molar-refractivity contribution < 1.29 is 4.79 Å². The third kappa shape index (κ3) is 3.39. The molecule has 3 aromatic heterocycles. The van der Waals surface area contributed by atoms with Crippen LogP contribution in [0, 0.1) is 12.8 Å². The van der Waals surface area contributed by atoms with E-state index in [9.17, 15) is 9.59 Å². The number of nitrogens with one attached hydrogen (secondary N) is 1. The fraction of sp³-hybridized carbons (Fsp3) is 0.381. The van der Waals surface area contributed by atoms with Gasteiger partial charge in [-0.05, 0) is 31.5 Å². The van der Waals surface area contributed by atoms with Crippen molar-refractivity contribution >= 4 is 23.1 Å². The first-order valence-corrected chi connectivity index (χ1v) is 10.9. The van der Waals surface area contributed by atoms with Gasteiger partial charge in [-0.2, -0.15) is 5.10 Å². The van der Waals surface area contributed by atoms with Gasteiger partial charge >= 0.3 is 0 Å². The van der Waals surface area contributed by atoms with Crippen LogP contribution in [0.3, 0.4) is 0 Å². The number of aryl methyl sites for hydroxylation is 1. The summed E-state index contributed by atoms with van der Waals surface area (Å²) in [5.41, 5.74) is 1.66. The van der Waals surface area contributed by atoms with Gasteiger partial charge in [-0.15, -0.1) is 16.4 Å². The zero-order chi connectivity index (χ0) is 20.7. The molecule has 1 N–H and O–H groups in total. The maximum absolute atomic E-state index is 13.3. The molecular formula is C21H22N6O2S. The first kappa shape index (κ1) is 18.9. The first-order chi connectivity index (χ1) is 14.6. The van der Waals surface area contributed by atoms with Crippen LogP contribution in [0.15, 0.2) is 46.7 Å². The number of rotatable bonds is 4. The third-order valence-corrected chi connectivity index (χ3v) is 6.70. The first-order valence-electron chi connectivity index (χ1n) is 10.0. The molecule has 3 aromatic rings. The average molecular weight is 423 g/mol. The summed E-state index contributed by atoms with van der Waals surface area (Å²) in [6, 6.07) is 8.65. The van der Waals surface area contributed by atoms with E-state index in [1.54, 1.807) is 16.8 Å². The van der Waals surface area contributed by atoms with Crippen molar-refractivity contribution in [2.45, 2.75) is 31.8 Å². The van der Waals surface area contributed by atoms with Crippen LogP contribution in [0.25, 0.3) is 0 Å². The molecule has 1 amide bonds. The number of carbonyl (C=O) groups excluding carboxylic acids is 1. The largest absolute Gasteiger partial charge is 0.354 e. The fourth-order valence-corrected chi connectivity index (χ4v) is 5.18. The molecule has 2 bridgehead atoms. The molecule has 0 saturated carbocycles. The van der Waals surface area contributed by atoms with Gasteiger partial charge in [-0.3, -0.25) is 14.2 Å². The number of piperidine rings is 1. The number of fused-ring (bicyclic) bond motifs is 4. The van der Waals surface area contributed by atoms with Gasteiger partial charge in [0.2, 0.25) is 5.91 Å². The Bertz CT molecular complexity index is 1110. The highest BCUT2D eigenvalue weighted by molar-refractivity contribution is 7.09. The van der Waals surface area contributed by atoms with Gasteiger partial charge in [0.25, 0.3) is 5.56 Å². The Hall–Kier alpha value is -3.07. The zero-order valence-corrected chi connectivity index (χ0v) is 17.4. The van der Waals surface area contributed by atoms with Gasteiger partial charge in [-0.25, -0.2) is 4.98 Å². The summed E-state index contributed by atoms with van der Waals surface area (Å²) >= 11 is 1.50.